The molecule has 0 aliphatic heterocycles. The second kappa shape index (κ2) is 10.5. The highest BCUT2D eigenvalue weighted by molar-refractivity contribution is 6.36. The third kappa shape index (κ3) is 5.51. The largest absolute Gasteiger partial charge is 0.478 e. The molecule has 3 aromatic rings. The molecule has 0 heterocycles. The number of allylic oxidation sites excluding steroid dienone is 1. The Labute approximate surface area is 201 Å². The molecule has 0 fully saturated rings. The molecule has 0 spiro atoms. The van der Waals surface area contributed by atoms with Gasteiger partial charge in [-0.25, -0.2) is 9.18 Å². The van der Waals surface area contributed by atoms with Crippen LogP contribution in [-0.2, 0) is 4.79 Å². The monoisotopic (exact) mass is 482 g/mol. The summed E-state index contributed by atoms with van der Waals surface area (Å²) in [4.78, 5) is 10.8. The number of carboxylic acids is 1. The summed E-state index contributed by atoms with van der Waals surface area (Å²) >= 11 is 12.6. The Morgan fingerprint density at radius 2 is 1.79 bits per heavy atom. The standard InChI is InChI=1S/C26H21Cl2FN2O2/c1-2-20(21-9-8-19(27)13-22(21)28)25(17-11-18(14-30)26(31)23(29)12-17)16-6-3-15(4-7-16)5-10-24(32)33/h3-14,30H,2,31H2,1H3,(H,32,33)/b10-5+,25-20+,30-14?. The number of hydrogen-bond acceptors (Lipinski definition) is 3. The molecule has 0 aliphatic rings. The fourth-order valence-electron chi connectivity index (χ4n) is 3.58. The van der Waals surface area contributed by atoms with Crippen LogP contribution in [0, 0.1) is 11.2 Å². The third-order valence-corrected chi connectivity index (χ3v) is 5.68. The Bertz CT molecular complexity index is 1280. The van der Waals surface area contributed by atoms with E-state index in [-0.39, 0.29) is 11.3 Å². The molecule has 0 atom stereocenters. The Morgan fingerprint density at radius 3 is 2.36 bits per heavy atom. The normalized spacial score (nSPS) is 12.0. The minimum atomic E-state index is -1.04. The molecule has 3 aromatic carbocycles. The van der Waals surface area contributed by atoms with Gasteiger partial charge in [0.1, 0.15) is 5.82 Å². The quantitative estimate of drug-likeness (QED) is 0.144. The van der Waals surface area contributed by atoms with E-state index in [1.807, 2.05) is 25.1 Å². The molecule has 3 rings (SSSR count). The second-order valence-electron chi connectivity index (χ2n) is 7.23. The fourth-order valence-corrected chi connectivity index (χ4v) is 4.11. The molecule has 0 saturated heterocycles. The van der Waals surface area contributed by atoms with Gasteiger partial charge < -0.3 is 16.2 Å². The summed E-state index contributed by atoms with van der Waals surface area (Å²) < 4.78 is 14.7. The average Bonchev–Trinajstić information content (AvgIpc) is 2.79. The number of nitrogen functional groups attached to an aromatic ring is 1. The molecule has 0 unspecified atom stereocenters. The van der Waals surface area contributed by atoms with E-state index in [1.165, 1.54) is 12.1 Å². The molecule has 0 radical (unpaired) electrons. The molecule has 33 heavy (non-hydrogen) atoms. The Balaban J connectivity index is 2.31. The maximum atomic E-state index is 14.7. The number of nitrogens with two attached hydrogens (primary N) is 1. The van der Waals surface area contributed by atoms with Crippen molar-refractivity contribution in [3.05, 3.63) is 104 Å². The van der Waals surface area contributed by atoms with E-state index < -0.39 is 11.8 Å². The lowest BCUT2D eigenvalue weighted by Gasteiger charge is -2.19. The summed E-state index contributed by atoms with van der Waals surface area (Å²) in [7, 11) is 0. The number of halogens is 3. The summed E-state index contributed by atoms with van der Waals surface area (Å²) in [5, 5.41) is 17.4. The van der Waals surface area contributed by atoms with Gasteiger partial charge in [-0.15, -0.1) is 0 Å². The number of anilines is 1. The van der Waals surface area contributed by atoms with Gasteiger partial charge in [0.2, 0.25) is 0 Å². The van der Waals surface area contributed by atoms with Crippen LogP contribution in [-0.4, -0.2) is 17.3 Å². The van der Waals surface area contributed by atoms with Gasteiger partial charge in [0.25, 0.3) is 0 Å². The smallest absolute Gasteiger partial charge is 0.328 e. The van der Waals surface area contributed by atoms with Crippen molar-refractivity contribution in [3.8, 4) is 0 Å². The van der Waals surface area contributed by atoms with Gasteiger partial charge in [-0.3, -0.25) is 0 Å². The van der Waals surface area contributed by atoms with Gasteiger partial charge in [-0.2, -0.15) is 0 Å². The van der Waals surface area contributed by atoms with Crippen LogP contribution in [0.1, 0.15) is 41.2 Å². The van der Waals surface area contributed by atoms with Gasteiger partial charge in [0.15, 0.2) is 0 Å². The molecule has 4 N–H and O–H groups in total. The zero-order valence-electron chi connectivity index (χ0n) is 17.7. The van der Waals surface area contributed by atoms with E-state index in [9.17, 15) is 9.18 Å². The number of hydrogen-bond donors (Lipinski definition) is 3. The third-order valence-electron chi connectivity index (χ3n) is 5.14. The van der Waals surface area contributed by atoms with Crippen LogP contribution < -0.4 is 5.73 Å². The van der Waals surface area contributed by atoms with Crippen molar-refractivity contribution in [2.45, 2.75) is 13.3 Å². The highest BCUT2D eigenvalue weighted by Crippen LogP contribution is 2.39. The van der Waals surface area contributed by atoms with Gasteiger partial charge in [0, 0.05) is 27.9 Å². The highest BCUT2D eigenvalue weighted by atomic mass is 35.5. The van der Waals surface area contributed by atoms with Crippen molar-refractivity contribution in [1.29, 1.82) is 5.41 Å². The minimum absolute atomic E-state index is 0.0928. The van der Waals surface area contributed by atoms with Crippen molar-refractivity contribution in [3.63, 3.8) is 0 Å². The van der Waals surface area contributed by atoms with Crippen molar-refractivity contribution >= 4 is 58.3 Å². The van der Waals surface area contributed by atoms with Gasteiger partial charge in [0.05, 0.1) is 5.69 Å². The lowest BCUT2D eigenvalue weighted by molar-refractivity contribution is -0.131. The maximum Gasteiger partial charge on any atom is 0.328 e. The molecular weight excluding hydrogens is 462 g/mol. The summed E-state index contributed by atoms with van der Waals surface area (Å²) in [6.45, 7) is 1.97. The first-order valence-corrected chi connectivity index (χ1v) is 10.8. The molecular formula is C26H21Cl2FN2O2. The predicted molar refractivity (Wildman–Crippen MR) is 134 cm³/mol. The van der Waals surface area contributed by atoms with Gasteiger partial charge in [-0.1, -0.05) is 60.5 Å². The lowest BCUT2D eigenvalue weighted by atomic mass is 9.87. The van der Waals surface area contributed by atoms with Crippen molar-refractivity contribution in [1.82, 2.24) is 0 Å². The first kappa shape index (κ1) is 24.2. The number of carboxylic acid groups (broad SMARTS) is 1. The first-order chi connectivity index (χ1) is 15.7. The average molecular weight is 483 g/mol. The lowest BCUT2D eigenvalue weighted by Crippen LogP contribution is -2.02. The summed E-state index contributed by atoms with van der Waals surface area (Å²) in [5.74, 6) is -1.66. The van der Waals surface area contributed by atoms with E-state index in [4.69, 9.17) is 39.5 Å². The zero-order valence-corrected chi connectivity index (χ0v) is 19.2. The van der Waals surface area contributed by atoms with Crippen LogP contribution in [0.25, 0.3) is 17.2 Å². The van der Waals surface area contributed by atoms with Crippen LogP contribution in [0.5, 0.6) is 0 Å². The van der Waals surface area contributed by atoms with Crippen molar-refractivity contribution in [2.75, 3.05) is 5.73 Å². The van der Waals surface area contributed by atoms with Crippen LogP contribution in [0.15, 0.2) is 60.7 Å². The van der Waals surface area contributed by atoms with E-state index >= 15 is 0 Å². The number of carbonyl (C=O) groups is 1. The van der Waals surface area contributed by atoms with E-state index in [2.05, 4.69) is 0 Å². The van der Waals surface area contributed by atoms with Crippen LogP contribution in [0.3, 0.4) is 0 Å². The highest BCUT2D eigenvalue weighted by Gasteiger charge is 2.18. The Hall–Kier alpha value is -3.41. The van der Waals surface area contributed by atoms with E-state index in [0.29, 0.717) is 27.6 Å². The van der Waals surface area contributed by atoms with Crippen LogP contribution in [0.4, 0.5) is 10.1 Å². The summed E-state index contributed by atoms with van der Waals surface area (Å²) in [5.41, 5.74) is 10.3. The van der Waals surface area contributed by atoms with Crippen LogP contribution in [0.2, 0.25) is 10.0 Å². The fraction of sp³-hybridized carbons (Fsp3) is 0.0769. The number of rotatable bonds is 7. The predicted octanol–water partition coefficient (Wildman–Crippen LogP) is 7.18. The molecule has 0 aromatic heterocycles. The van der Waals surface area contributed by atoms with E-state index in [1.54, 1.807) is 30.3 Å². The zero-order chi connectivity index (χ0) is 24.1. The number of aliphatic carboxylic acids is 1. The van der Waals surface area contributed by atoms with E-state index in [0.717, 1.165) is 34.6 Å². The van der Waals surface area contributed by atoms with Crippen LogP contribution >= 0.6 is 23.2 Å². The topological polar surface area (TPSA) is 87.2 Å². The SMILES string of the molecule is CC/C(=C(/c1ccc(/C=C/C(=O)O)cc1)c1cc(F)c(N)c(C=N)c1)c1ccc(Cl)cc1Cl. The maximum absolute atomic E-state index is 14.7. The molecule has 4 nitrogen and oxygen atoms in total. The first-order valence-electron chi connectivity index (χ1n) is 10.0. The molecule has 7 heteroatoms. The molecule has 0 aliphatic carbocycles. The minimum Gasteiger partial charge on any atom is -0.478 e. The van der Waals surface area contributed by atoms with Crippen molar-refractivity contribution in [2.24, 2.45) is 0 Å². The summed E-state index contributed by atoms with van der Waals surface area (Å²) in [6, 6.07) is 15.4. The second-order valence-corrected chi connectivity index (χ2v) is 8.07. The Morgan fingerprint density at radius 1 is 1.09 bits per heavy atom. The number of nitrogens with one attached hydrogen (secondary N) is 1. The molecule has 0 amide bonds. The Kier molecular flexibility index (Phi) is 7.69. The molecule has 168 valence electrons. The summed E-state index contributed by atoms with van der Waals surface area (Å²) in [6.07, 6.45) is 4.13. The van der Waals surface area contributed by atoms with Gasteiger partial charge in [-0.05, 0) is 70.2 Å². The van der Waals surface area contributed by atoms with Gasteiger partial charge >= 0.3 is 5.97 Å². The molecule has 0 saturated carbocycles. The molecule has 0 bridgehead atoms. The number of benzene rings is 3. The van der Waals surface area contributed by atoms with Crippen molar-refractivity contribution < 1.29 is 14.3 Å².